The normalized spacial score (nSPS) is 22.1. The second-order valence-corrected chi connectivity index (χ2v) is 4.52. The summed E-state index contributed by atoms with van der Waals surface area (Å²) in [6, 6.07) is -0.300. The number of carboxylic acid groups (broad SMARTS) is 1. The van der Waals surface area contributed by atoms with E-state index in [4.69, 9.17) is 9.84 Å². The van der Waals surface area contributed by atoms with E-state index < -0.39 is 5.97 Å². The quantitative estimate of drug-likeness (QED) is 0.725. The Morgan fingerprint density at radius 2 is 2.19 bits per heavy atom. The zero-order valence-electron chi connectivity index (χ0n) is 9.73. The van der Waals surface area contributed by atoms with E-state index in [2.05, 4.69) is 5.32 Å². The number of amides is 1. The van der Waals surface area contributed by atoms with Gasteiger partial charge in [-0.15, -0.1) is 0 Å². The van der Waals surface area contributed by atoms with Crippen LogP contribution in [-0.2, 0) is 14.3 Å². The minimum absolute atomic E-state index is 0.0308. The average molecular weight is 229 g/mol. The van der Waals surface area contributed by atoms with E-state index in [-0.39, 0.29) is 30.2 Å². The first-order valence-electron chi connectivity index (χ1n) is 5.60. The van der Waals surface area contributed by atoms with Gasteiger partial charge in [-0.2, -0.15) is 0 Å². The van der Waals surface area contributed by atoms with Gasteiger partial charge in [-0.3, -0.25) is 9.59 Å². The molecule has 5 heteroatoms. The summed E-state index contributed by atoms with van der Waals surface area (Å²) in [5.41, 5.74) is 0. The summed E-state index contributed by atoms with van der Waals surface area (Å²) in [6.45, 7) is 4.87. The van der Waals surface area contributed by atoms with Gasteiger partial charge in [0, 0.05) is 12.6 Å². The van der Waals surface area contributed by atoms with Crippen LogP contribution in [0.4, 0.5) is 0 Å². The lowest BCUT2D eigenvalue weighted by Gasteiger charge is -2.22. The van der Waals surface area contributed by atoms with Crippen LogP contribution >= 0.6 is 0 Å². The highest BCUT2D eigenvalue weighted by Crippen LogP contribution is 2.14. The van der Waals surface area contributed by atoms with Gasteiger partial charge in [-0.1, -0.05) is 13.8 Å². The first-order valence-corrected chi connectivity index (χ1v) is 5.60. The van der Waals surface area contributed by atoms with E-state index in [9.17, 15) is 9.59 Å². The Morgan fingerprint density at radius 3 is 2.62 bits per heavy atom. The van der Waals surface area contributed by atoms with E-state index in [1.807, 2.05) is 13.8 Å². The number of carboxylic acids is 1. The van der Waals surface area contributed by atoms with Crippen molar-refractivity contribution in [3.05, 3.63) is 0 Å². The number of aliphatic carboxylic acids is 1. The number of carbonyl (C=O) groups excluding carboxylic acids is 1. The topological polar surface area (TPSA) is 75.6 Å². The molecule has 1 fully saturated rings. The maximum Gasteiger partial charge on any atom is 0.305 e. The number of ether oxygens (including phenoxy) is 1. The molecule has 0 saturated carbocycles. The van der Waals surface area contributed by atoms with Crippen LogP contribution in [0.25, 0.3) is 0 Å². The van der Waals surface area contributed by atoms with Gasteiger partial charge in [0.05, 0.1) is 18.9 Å². The Labute approximate surface area is 95.2 Å². The van der Waals surface area contributed by atoms with Gasteiger partial charge >= 0.3 is 5.97 Å². The smallest absolute Gasteiger partial charge is 0.305 e. The summed E-state index contributed by atoms with van der Waals surface area (Å²) in [5.74, 6) is -0.975. The van der Waals surface area contributed by atoms with Gasteiger partial charge in [0.25, 0.3) is 0 Å². The summed E-state index contributed by atoms with van der Waals surface area (Å²) < 4.78 is 5.12. The van der Waals surface area contributed by atoms with Gasteiger partial charge in [0.1, 0.15) is 0 Å². The number of carbonyl (C=O) groups is 2. The number of hydrogen-bond acceptors (Lipinski definition) is 3. The third kappa shape index (κ3) is 3.81. The molecule has 5 nitrogen and oxygen atoms in total. The van der Waals surface area contributed by atoms with Crippen LogP contribution in [-0.4, -0.2) is 36.2 Å². The molecule has 0 bridgehead atoms. The molecule has 0 aliphatic carbocycles. The molecular formula is C11H19NO4. The fourth-order valence-corrected chi connectivity index (χ4v) is 1.68. The second kappa shape index (κ2) is 5.84. The standard InChI is InChI=1S/C11H19NO4/c1-7(2)9(5-10(13)14)12-11(15)8-3-4-16-6-8/h7-9H,3-6H2,1-2H3,(H,12,15)(H,13,14). The monoisotopic (exact) mass is 229 g/mol. The van der Waals surface area contributed by atoms with E-state index in [0.717, 1.165) is 6.42 Å². The molecule has 1 saturated heterocycles. The van der Waals surface area contributed by atoms with Crippen molar-refractivity contribution < 1.29 is 19.4 Å². The van der Waals surface area contributed by atoms with Gasteiger partial charge < -0.3 is 15.2 Å². The molecule has 0 aromatic heterocycles. The SMILES string of the molecule is CC(C)C(CC(=O)O)NC(=O)C1CCOC1. The molecule has 2 N–H and O–H groups in total. The Kier molecular flexibility index (Phi) is 4.73. The third-order valence-electron chi connectivity index (χ3n) is 2.83. The first-order chi connectivity index (χ1) is 7.50. The van der Waals surface area contributed by atoms with Crippen LogP contribution in [0.1, 0.15) is 26.7 Å². The van der Waals surface area contributed by atoms with Crippen molar-refractivity contribution in [2.45, 2.75) is 32.7 Å². The number of nitrogens with one attached hydrogen (secondary N) is 1. The highest BCUT2D eigenvalue weighted by Gasteiger charge is 2.27. The fourth-order valence-electron chi connectivity index (χ4n) is 1.68. The summed E-state index contributed by atoms with van der Waals surface area (Å²) in [6.07, 6.45) is 0.695. The molecule has 0 radical (unpaired) electrons. The van der Waals surface area contributed by atoms with Crippen molar-refractivity contribution in [1.82, 2.24) is 5.32 Å². The van der Waals surface area contributed by atoms with Crippen molar-refractivity contribution in [3.8, 4) is 0 Å². The molecule has 0 aromatic carbocycles. The Hall–Kier alpha value is -1.10. The van der Waals surface area contributed by atoms with Gasteiger partial charge in [-0.05, 0) is 12.3 Å². The Morgan fingerprint density at radius 1 is 1.50 bits per heavy atom. The molecule has 0 spiro atoms. The van der Waals surface area contributed by atoms with E-state index in [1.165, 1.54) is 0 Å². The maximum atomic E-state index is 11.8. The Bertz CT molecular complexity index is 259. The predicted octanol–water partition coefficient (Wildman–Crippen LogP) is 0.638. The zero-order valence-corrected chi connectivity index (χ0v) is 9.73. The Balaban J connectivity index is 2.46. The zero-order chi connectivity index (χ0) is 12.1. The molecule has 1 rings (SSSR count). The molecule has 2 atom stereocenters. The molecule has 1 aliphatic rings. The van der Waals surface area contributed by atoms with Crippen molar-refractivity contribution in [1.29, 1.82) is 0 Å². The van der Waals surface area contributed by atoms with E-state index >= 15 is 0 Å². The van der Waals surface area contributed by atoms with Crippen molar-refractivity contribution >= 4 is 11.9 Å². The maximum absolute atomic E-state index is 11.8. The van der Waals surface area contributed by atoms with E-state index in [0.29, 0.717) is 13.2 Å². The summed E-state index contributed by atoms with van der Waals surface area (Å²) >= 11 is 0. The molecule has 2 unspecified atom stereocenters. The molecule has 1 heterocycles. The molecule has 0 aromatic rings. The minimum atomic E-state index is -0.887. The van der Waals surface area contributed by atoms with Gasteiger partial charge in [0.15, 0.2) is 0 Å². The van der Waals surface area contributed by atoms with Crippen LogP contribution in [0.5, 0.6) is 0 Å². The molecule has 16 heavy (non-hydrogen) atoms. The molecule has 92 valence electrons. The summed E-state index contributed by atoms with van der Waals surface area (Å²) in [4.78, 5) is 22.4. The van der Waals surface area contributed by atoms with Crippen molar-refractivity contribution in [2.75, 3.05) is 13.2 Å². The van der Waals surface area contributed by atoms with Crippen LogP contribution in [0.3, 0.4) is 0 Å². The van der Waals surface area contributed by atoms with Gasteiger partial charge in [0.2, 0.25) is 5.91 Å². The van der Waals surface area contributed by atoms with Crippen LogP contribution in [0.2, 0.25) is 0 Å². The van der Waals surface area contributed by atoms with Crippen molar-refractivity contribution in [2.24, 2.45) is 11.8 Å². The van der Waals surface area contributed by atoms with Gasteiger partial charge in [-0.25, -0.2) is 0 Å². The minimum Gasteiger partial charge on any atom is -0.481 e. The molecular weight excluding hydrogens is 210 g/mol. The van der Waals surface area contributed by atoms with Crippen LogP contribution in [0, 0.1) is 11.8 Å². The molecule has 1 aliphatic heterocycles. The highest BCUT2D eigenvalue weighted by molar-refractivity contribution is 5.80. The number of hydrogen-bond donors (Lipinski definition) is 2. The van der Waals surface area contributed by atoms with E-state index in [1.54, 1.807) is 0 Å². The summed E-state index contributed by atoms with van der Waals surface area (Å²) in [5, 5.41) is 11.5. The lowest BCUT2D eigenvalue weighted by Crippen LogP contribution is -2.43. The first kappa shape index (κ1) is 13.0. The second-order valence-electron chi connectivity index (χ2n) is 4.52. The highest BCUT2D eigenvalue weighted by atomic mass is 16.5. The van der Waals surface area contributed by atoms with Crippen LogP contribution < -0.4 is 5.32 Å². The lowest BCUT2D eigenvalue weighted by molar-refractivity contribution is -0.138. The predicted molar refractivity (Wildman–Crippen MR) is 57.9 cm³/mol. The van der Waals surface area contributed by atoms with Crippen molar-refractivity contribution in [3.63, 3.8) is 0 Å². The number of rotatable bonds is 5. The molecule has 1 amide bonds. The average Bonchev–Trinajstić information content (AvgIpc) is 2.68. The summed E-state index contributed by atoms with van der Waals surface area (Å²) in [7, 11) is 0. The third-order valence-corrected chi connectivity index (χ3v) is 2.83. The largest absolute Gasteiger partial charge is 0.481 e. The lowest BCUT2D eigenvalue weighted by atomic mass is 9.99. The van der Waals surface area contributed by atoms with Crippen LogP contribution in [0.15, 0.2) is 0 Å². The fraction of sp³-hybridized carbons (Fsp3) is 0.818.